The molecule has 1 atom stereocenters. The van der Waals surface area contributed by atoms with Crippen LogP contribution in [0.2, 0.25) is 0 Å². The molecule has 0 aliphatic rings. The molecule has 1 aromatic heterocycles. The number of hydrogen-bond donors (Lipinski definition) is 0. The average molecular weight is 306 g/mol. The van der Waals surface area contributed by atoms with Crippen LogP contribution in [-0.4, -0.2) is 9.55 Å². The Kier molecular flexibility index (Phi) is 5.17. The molecule has 112 valence electrons. The molecule has 21 heavy (non-hydrogen) atoms. The van der Waals surface area contributed by atoms with Crippen molar-refractivity contribution in [2.45, 2.75) is 37.6 Å². The Bertz CT molecular complexity index is 669. The highest BCUT2D eigenvalue weighted by atomic mass is 32.2. The number of hydrogen-bond acceptors (Lipinski definition) is 3. The lowest BCUT2D eigenvalue weighted by molar-refractivity contribution is 0.502. The molecule has 0 N–H and O–H groups in total. The van der Waals surface area contributed by atoms with E-state index < -0.39 is 0 Å². The van der Waals surface area contributed by atoms with Gasteiger partial charge in [0.1, 0.15) is 5.82 Å². The summed E-state index contributed by atoms with van der Waals surface area (Å²) in [5, 5.41) is 0.246. The lowest BCUT2D eigenvalue weighted by atomic mass is 10.1. The van der Waals surface area contributed by atoms with E-state index in [0.29, 0.717) is 23.1 Å². The Balaban J connectivity index is 2.24. The second-order valence-corrected chi connectivity index (χ2v) is 6.69. The Morgan fingerprint density at radius 3 is 2.67 bits per heavy atom. The largest absolute Gasteiger partial charge is 0.311 e. The van der Waals surface area contributed by atoms with E-state index in [1.54, 1.807) is 35.2 Å². The van der Waals surface area contributed by atoms with Gasteiger partial charge in [0.15, 0.2) is 5.03 Å². The molecule has 2 rings (SSSR count). The van der Waals surface area contributed by atoms with Gasteiger partial charge in [-0.25, -0.2) is 9.37 Å². The second-order valence-electron chi connectivity index (χ2n) is 5.37. The van der Waals surface area contributed by atoms with Crippen LogP contribution in [0, 0.1) is 11.7 Å². The standard InChI is InChI=1S/C16H19FN2OS/c1-11(2)10-19-9-8-18-15(16(19)20)21-12(3)13-6-4-5-7-14(13)17/h4-9,11-12H,10H2,1-3H3. The summed E-state index contributed by atoms with van der Waals surface area (Å²) < 4.78 is 15.4. The molecule has 2 aromatic rings. The smallest absolute Gasteiger partial charge is 0.283 e. The molecule has 0 saturated carbocycles. The molecule has 0 aliphatic carbocycles. The van der Waals surface area contributed by atoms with Gasteiger partial charge in [0, 0.05) is 29.8 Å². The van der Waals surface area contributed by atoms with Gasteiger partial charge >= 0.3 is 0 Å². The molecule has 0 aliphatic heterocycles. The fourth-order valence-corrected chi connectivity index (χ4v) is 3.07. The summed E-state index contributed by atoms with van der Waals surface area (Å²) in [7, 11) is 0. The van der Waals surface area contributed by atoms with E-state index in [1.807, 2.05) is 6.92 Å². The molecule has 1 aromatic carbocycles. The first-order valence-corrected chi connectivity index (χ1v) is 7.83. The van der Waals surface area contributed by atoms with Crippen molar-refractivity contribution in [1.82, 2.24) is 9.55 Å². The van der Waals surface area contributed by atoms with Crippen LogP contribution in [0.3, 0.4) is 0 Å². The molecule has 0 bridgehead atoms. The topological polar surface area (TPSA) is 34.9 Å². The first-order valence-electron chi connectivity index (χ1n) is 6.95. The van der Waals surface area contributed by atoms with Gasteiger partial charge < -0.3 is 4.57 Å². The monoisotopic (exact) mass is 306 g/mol. The minimum Gasteiger partial charge on any atom is -0.311 e. The van der Waals surface area contributed by atoms with Crippen molar-refractivity contribution in [3.05, 3.63) is 58.4 Å². The summed E-state index contributed by atoms with van der Waals surface area (Å²) in [6.45, 7) is 6.65. The van der Waals surface area contributed by atoms with Crippen LogP contribution >= 0.6 is 11.8 Å². The van der Waals surface area contributed by atoms with E-state index in [4.69, 9.17) is 0 Å². The Labute approximate surface area is 128 Å². The summed E-state index contributed by atoms with van der Waals surface area (Å²) in [5.74, 6) is 0.128. The number of thioether (sulfide) groups is 1. The van der Waals surface area contributed by atoms with Crippen LogP contribution in [0.1, 0.15) is 31.6 Å². The van der Waals surface area contributed by atoms with Crippen molar-refractivity contribution in [3.8, 4) is 0 Å². The van der Waals surface area contributed by atoms with Gasteiger partial charge in [-0.3, -0.25) is 4.79 Å². The zero-order valence-electron chi connectivity index (χ0n) is 12.4. The molecule has 1 heterocycles. The quantitative estimate of drug-likeness (QED) is 0.786. The van der Waals surface area contributed by atoms with Gasteiger partial charge in [0.25, 0.3) is 5.56 Å². The van der Waals surface area contributed by atoms with Crippen molar-refractivity contribution in [2.24, 2.45) is 5.92 Å². The lowest BCUT2D eigenvalue weighted by Crippen LogP contribution is -2.24. The molecule has 5 heteroatoms. The van der Waals surface area contributed by atoms with Crippen molar-refractivity contribution in [1.29, 1.82) is 0 Å². The fourth-order valence-electron chi connectivity index (χ4n) is 2.08. The van der Waals surface area contributed by atoms with Crippen LogP contribution in [0.4, 0.5) is 4.39 Å². The SMILES string of the molecule is CC(C)Cn1ccnc(SC(C)c2ccccc2F)c1=O. The molecule has 0 spiro atoms. The summed E-state index contributed by atoms with van der Waals surface area (Å²) in [6.07, 6.45) is 3.32. The second kappa shape index (κ2) is 6.89. The molecule has 0 amide bonds. The third-order valence-electron chi connectivity index (χ3n) is 3.08. The Morgan fingerprint density at radius 2 is 2.00 bits per heavy atom. The van der Waals surface area contributed by atoms with Gasteiger partial charge in [-0.2, -0.15) is 0 Å². The van der Waals surface area contributed by atoms with Crippen LogP contribution in [-0.2, 0) is 6.54 Å². The number of halogens is 1. The summed E-state index contributed by atoms with van der Waals surface area (Å²) in [5.41, 5.74) is 0.474. The number of benzene rings is 1. The lowest BCUT2D eigenvalue weighted by Gasteiger charge is -2.13. The zero-order chi connectivity index (χ0) is 15.4. The van der Waals surface area contributed by atoms with E-state index in [9.17, 15) is 9.18 Å². The fraction of sp³-hybridized carbons (Fsp3) is 0.375. The highest BCUT2D eigenvalue weighted by molar-refractivity contribution is 7.99. The van der Waals surface area contributed by atoms with E-state index in [0.717, 1.165) is 0 Å². The van der Waals surface area contributed by atoms with Gasteiger partial charge in [-0.15, -0.1) is 0 Å². The Hall–Kier alpha value is -1.62. The number of rotatable bonds is 5. The van der Waals surface area contributed by atoms with Crippen molar-refractivity contribution >= 4 is 11.8 Å². The molecule has 0 fully saturated rings. The van der Waals surface area contributed by atoms with Gasteiger partial charge in [-0.05, 0) is 18.9 Å². The number of nitrogens with zero attached hydrogens (tertiary/aromatic N) is 2. The molecular formula is C16H19FN2OS. The van der Waals surface area contributed by atoms with Crippen LogP contribution in [0.15, 0.2) is 46.5 Å². The molecule has 0 radical (unpaired) electrons. The molecule has 0 saturated heterocycles. The van der Waals surface area contributed by atoms with E-state index >= 15 is 0 Å². The average Bonchev–Trinajstić information content (AvgIpc) is 2.43. The van der Waals surface area contributed by atoms with Gasteiger partial charge in [-0.1, -0.05) is 43.8 Å². The normalized spacial score (nSPS) is 12.6. The maximum Gasteiger partial charge on any atom is 0.283 e. The third kappa shape index (κ3) is 3.94. The molecule has 3 nitrogen and oxygen atoms in total. The zero-order valence-corrected chi connectivity index (χ0v) is 13.2. The maximum absolute atomic E-state index is 13.8. The molecule has 1 unspecified atom stereocenters. The van der Waals surface area contributed by atoms with Gasteiger partial charge in [0.2, 0.25) is 0 Å². The van der Waals surface area contributed by atoms with Crippen LogP contribution in [0.25, 0.3) is 0 Å². The number of aromatic nitrogens is 2. The van der Waals surface area contributed by atoms with E-state index in [2.05, 4.69) is 18.8 Å². The van der Waals surface area contributed by atoms with Crippen LogP contribution < -0.4 is 5.56 Å². The predicted molar refractivity (Wildman–Crippen MR) is 84.0 cm³/mol. The summed E-state index contributed by atoms with van der Waals surface area (Å²) >= 11 is 1.29. The van der Waals surface area contributed by atoms with Crippen molar-refractivity contribution in [3.63, 3.8) is 0 Å². The predicted octanol–water partition coefficient (Wildman–Crippen LogP) is 3.89. The summed E-state index contributed by atoms with van der Waals surface area (Å²) in [6, 6.07) is 6.63. The Morgan fingerprint density at radius 1 is 1.29 bits per heavy atom. The van der Waals surface area contributed by atoms with E-state index in [1.165, 1.54) is 17.8 Å². The minimum absolute atomic E-state index is 0.112. The maximum atomic E-state index is 13.8. The van der Waals surface area contributed by atoms with Crippen molar-refractivity contribution in [2.75, 3.05) is 0 Å². The minimum atomic E-state index is -0.254. The molecular weight excluding hydrogens is 287 g/mol. The first kappa shape index (κ1) is 15.8. The van der Waals surface area contributed by atoms with E-state index in [-0.39, 0.29) is 16.6 Å². The highest BCUT2D eigenvalue weighted by Crippen LogP contribution is 2.33. The van der Waals surface area contributed by atoms with Crippen LogP contribution in [0.5, 0.6) is 0 Å². The third-order valence-corrected chi connectivity index (χ3v) is 4.19. The van der Waals surface area contributed by atoms with Gasteiger partial charge in [0.05, 0.1) is 0 Å². The highest BCUT2D eigenvalue weighted by Gasteiger charge is 2.15. The first-order chi connectivity index (χ1) is 9.99. The summed E-state index contributed by atoms with van der Waals surface area (Å²) in [4.78, 5) is 16.5. The van der Waals surface area contributed by atoms with Crippen molar-refractivity contribution < 1.29 is 4.39 Å².